The van der Waals surface area contributed by atoms with Gasteiger partial charge in [-0.15, -0.1) is 11.8 Å². The van der Waals surface area contributed by atoms with Crippen LogP contribution in [-0.4, -0.2) is 43.8 Å². The van der Waals surface area contributed by atoms with Crippen LogP contribution in [0.2, 0.25) is 0 Å². The molecule has 1 fully saturated rings. The largest absolute Gasteiger partial charge is 0.415 e. The van der Waals surface area contributed by atoms with Gasteiger partial charge in [-0.25, -0.2) is 0 Å². The Morgan fingerprint density at radius 1 is 1.33 bits per heavy atom. The number of nitrogens with zero attached hydrogens (tertiary/aromatic N) is 2. The highest BCUT2D eigenvalue weighted by atomic mass is 32.2. The first-order valence-corrected chi connectivity index (χ1v) is 8.54. The first-order chi connectivity index (χ1) is 9.70. The highest BCUT2D eigenvalue weighted by Gasteiger charge is 2.44. The Morgan fingerprint density at radius 2 is 2.00 bits per heavy atom. The van der Waals surface area contributed by atoms with Gasteiger partial charge >= 0.3 is 6.18 Å². The minimum Gasteiger partial charge on any atom is -0.383 e. The molecule has 4 nitrogen and oxygen atoms in total. The molecule has 0 saturated carbocycles. The van der Waals surface area contributed by atoms with E-state index in [1.165, 1.54) is 6.92 Å². The SMILES string of the molecule is CC1SCC(c2noc(C(C)C(O)C(F)(F)F)n2)SC1C. The summed E-state index contributed by atoms with van der Waals surface area (Å²) >= 11 is 3.48. The van der Waals surface area contributed by atoms with Crippen molar-refractivity contribution in [1.29, 1.82) is 0 Å². The Hall–Kier alpha value is -0.410. The lowest BCUT2D eigenvalue weighted by Crippen LogP contribution is -2.33. The van der Waals surface area contributed by atoms with Gasteiger partial charge in [0.15, 0.2) is 11.9 Å². The third-order valence-corrected chi connectivity index (χ3v) is 6.88. The van der Waals surface area contributed by atoms with Gasteiger partial charge < -0.3 is 9.63 Å². The van der Waals surface area contributed by atoms with E-state index in [2.05, 4.69) is 24.0 Å². The number of rotatable bonds is 3. The summed E-state index contributed by atoms with van der Waals surface area (Å²) in [5.74, 6) is -0.247. The summed E-state index contributed by atoms with van der Waals surface area (Å²) in [5.41, 5.74) is 0. The van der Waals surface area contributed by atoms with E-state index in [4.69, 9.17) is 4.52 Å². The molecular weight excluding hydrogens is 325 g/mol. The maximum atomic E-state index is 12.5. The van der Waals surface area contributed by atoms with Crippen LogP contribution >= 0.6 is 23.5 Å². The molecule has 0 amide bonds. The lowest BCUT2D eigenvalue weighted by molar-refractivity contribution is -0.210. The Kier molecular flexibility index (Phi) is 5.15. The zero-order valence-electron chi connectivity index (χ0n) is 11.8. The molecule has 0 radical (unpaired) electrons. The van der Waals surface area contributed by atoms with Gasteiger partial charge in [0.1, 0.15) is 0 Å². The van der Waals surface area contributed by atoms with Crippen LogP contribution in [0.25, 0.3) is 0 Å². The zero-order valence-corrected chi connectivity index (χ0v) is 13.4. The minimum absolute atomic E-state index is 0.00827. The number of hydrogen-bond donors (Lipinski definition) is 1. The average Bonchev–Trinajstić information content (AvgIpc) is 2.88. The lowest BCUT2D eigenvalue weighted by Gasteiger charge is -2.29. The molecule has 1 aliphatic rings. The first kappa shape index (κ1) is 17.0. The first-order valence-electron chi connectivity index (χ1n) is 6.55. The van der Waals surface area contributed by atoms with Crippen LogP contribution in [0, 0.1) is 0 Å². The van der Waals surface area contributed by atoms with Gasteiger partial charge in [-0.05, 0) is 0 Å². The van der Waals surface area contributed by atoms with Crippen molar-refractivity contribution in [2.75, 3.05) is 5.75 Å². The van der Waals surface area contributed by atoms with Crippen LogP contribution in [0.4, 0.5) is 13.2 Å². The van der Waals surface area contributed by atoms with Crippen molar-refractivity contribution >= 4 is 23.5 Å². The van der Waals surface area contributed by atoms with Crippen molar-refractivity contribution < 1.29 is 22.8 Å². The molecule has 1 aromatic heterocycles. The number of aliphatic hydroxyl groups excluding tert-OH is 1. The summed E-state index contributed by atoms with van der Waals surface area (Å²) in [7, 11) is 0. The second kappa shape index (κ2) is 6.37. The van der Waals surface area contributed by atoms with E-state index in [1.54, 1.807) is 23.5 Å². The number of halogens is 3. The molecule has 0 aromatic carbocycles. The molecule has 0 aliphatic carbocycles. The number of thioether (sulfide) groups is 2. The summed E-state index contributed by atoms with van der Waals surface area (Å²) < 4.78 is 42.4. The van der Waals surface area contributed by atoms with Crippen LogP contribution in [0.15, 0.2) is 4.52 Å². The van der Waals surface area contributed by atoms with Crippen LogP contribution in [-0.2, 0) is 0 Å². The molecule has 1 aromatic rings. The molecule has 1 saturated heterocycles. The number of hydrogen-bond acceptors (Lipinski definition) is 6. The molecule has 1 aliphatic heterocycles. The van der Waals surface area contributed by atoms with Crippen LogP contribution in [0.5, 0.6) is 0 Å². The van der Waals surface area contributed by atoms with Crippen molar-refractivity contribution in [2.45, 2.75) is 54.7 Å². The predicted octanol–water partition coefficient (Wildman–Crippen LogP) is 3.39. The summed E-state index contributed by atoms with van der Waals surface area (Å²) in [5, 5.41) is 14.0. The second-order valence-electron chi connectivity index (χ2n) is 5.13. The van der Waals surface area contributed by atoms with Crippen molar-refractivity contribution in [3.8, 4) is 0 Å². The number of aromatic nitrogens is 2. The van der Waals surface area contributed by atoms with Gasteiger partial charge in [0.05, 0.1) is 11.2 Å². The van der Waals surface area contributed by atoms with E-state index in [1.807, 2.05) is 0 Å². The molecule has 0 spiro atoms. The Labute approximate surface area is 129 Å². The van der Waals surface area contributed by atoms with E-state index in [9.17, 15) is 18.3 Å². The maximum absolute atomic E-state index is 12.5. The molecule has 5 unspecified atom stereocenters. The molecule has 120 valence electrons. The Balaban J connectivity index is 2.08. The molecule has 0 bridgehead atoms. The second-order valence-corrected chi connectivity index (χ2v) is 8.13. The number of aliphatic hydroxyl groups is 1. The van der Waals surface area contributed by atoms with E-state index in [-0.39, 0.29) is 11.1 Å². The van der Waals surface area contributed by atoms with Gasteiger partial charge in [-0.2, -0.15) is 29.9 Å². The molecule has 21 heavy (non-hydrogen) atoms. The Morgan fingerprint density at radius 3 is 2.57 bits per heavy atom. The van der Waals surface area contributed by atoms with Crippen LogP contribution in [0.3, 0.4) is 0 Å². The highest BCUT2D eigenvalue weighted by molar-refractivity contribution is 8.07. The summed E-state index contributed by atoms with van der Waals surface area (Å²) in [6.07, 6.45) is -7.20. The normalized spacial score (nSPS) is 30.1. The van der Waals surface area contributed by atoms with E-state index >= 15 is 0 Å². The summed E-state index contributed by atoms with van der Waals surface area (Å²) in [6.45, 7) is 5.47. The standard InChI is InChI=1S/C12H17F3N2O2S2/c1-5(9(18)12(13,14)15)11-16-10(17-19-11)8-4-20-6(2)7(3)21-8/h5-9,18H,4H2,1-3H3. The highest BCUT2D eigenvalue weighted by Crippen LogP contribution is 2.43. The average molecular weight is 342 g/mol. The van der Waals surface area contributed by atoms with Crippen LogP contribution < -0.4 is 0 Å². The molecule has 9 heteroatoms. The monoisotopic (exact) mass is 342 g/mol. The fraction of sp³-hybridized carbons (Fsp3) is 0.833. The van der Waals surface area contributed by atoms with Crippen molar-refractivity contribution in [2.24, 2.45) is 0 Å². The molecule has 2 heterocycles. The van der Waals surface area contributed by atoms with Gasteiger partial charge in [-0.3, -0.25) is 0 Å². The topological polar surface area (TPSA) is 59.2 Å². The number of alkyl halides is 3. The van der Waals surface area contributed by atoms with Gasteiger partial charge in [-0.1, -0.05) is 25.9 Å². The quantitative estimate of drug-likeness (QED) is 0.908. The molecule has 1 N–H and O–H groups in total. The molecular formula is C12H17F3N2O2S2. The van der Waals surface area contributed by atoms with E-state index in [0.717, 1.165) is 5.75 Å². The van der Waals surface area contributed by atoms with Gasteiger partial charge in [0.25, 0.3) is 0 Å². The van der Waals surface area contributed by atoms with E-state index < -0.39 is 18.2 Å². The minimum atomic E-state index is -4.70. The maximum Gasteiger partial charge on any atom is 0.415 e. The summed E-state index contributed by atoms with van der Waals surface area (Å²) in [6, 6.07) is 0. The third kappa shape index (κ3) is 3.87. The lowest BCUT2D eigenvalue weighted by atomic mass is 10.1. The fourth-order valence-corrected chi connectivity index (χ4v) is 4.73. The molecule has 2 rings (SSSR count). The molecule has 5 atom stereocenters. The fourth-order valence-electron chi connectivity index (χ4n) is 1.90. The Bertz CT molecular complexity index is 483. The predicted molar refractivity (Wildman–Crippen MR) is 76.5 cm³/mol. The van der Waals surface area contributed by atoms with Crippen LogP contribution in [0.1, 0.15) is 43.7 Å². The third-order valence-electron chi connectivity index (χ3n) is 3.49. The zero-order chi connectivity index (χ0) is 15.8. The van der Waals surface area contributed by atoms with Crippen molar-refractivity contribution in [1.82, 2.24) is 10.1 Å². The van der Waals surface area contributed by atoms with Gasteiger partial charge in [0.2, 0.25) is 5.89 Å². The summed E-state index contributed by atoms with van der Waals surface area (Å²) in [4.78, 5) is 4.06. The van der Waals surface area contributed by atoms with Crippen molar-refractivity contribution in [3.63, 3.8) is 0 Å². The van der Waals surface area contributed by atoms with Gasteiger partial charge in [0, 0.05) is 16.3 Å². The smallest absolute Gasteiger partial charge is 0.383 e. The van der Waals surface area contributed by atoms with E-state index in [0.29, 0.717) is 16.3 Å². The van der Waals surface area contributed by atoms with Crippen molar-refractivity contribution in [3.05, 3.63) is 11.7 Å².